The van der Waals surface area contributed by atoms with Gasteiger partial charge in [-0.3, -0.25) is 9.10 Å². The average Bonchev–Trinajstić information content (AvgIpc) is 3.17. The molecule has 0 saturated heterocycles. The summed E-state index contributed by atoms with van der Waals surface area (Å²) in [4.78, 5) is 13.2. The van der Waals surface area contributed by atoms with Gasteiger partial charge >= 0.3 is 0 Å². The summed E-state index contributed by atoms with van der Waals surface area (Å²) in [5, 5.41) is 2.81. The van der Waals surface area contributed by atoms with Crippen molar-refractivity contribution in [2.24, 2.45) is 0 Å². The number of para-hydroxylation sites is 1. The number of nitrogens with one attached hydrogen (secondary N) is 1. The highest BCUT2D eigenvalue weighted by Crippen LogP contribution is 2.38. The third kappa shape index (κ3) is 4.96. The van der Waals surface area contributed by atoms with Crippen LogP contribution in [0.4, 0.5) is 11.4 Å². The standard InChI is InChI=1S/C25H26N2O5S/c1-3-31-24-15-19-14-18(2)32-23(19)16-22(24)26-25(28)17-27(20-10-6-4-7-11-20)33(29,30)21-12-8-5-9-13-21/h4-13,15-16,18H,3,14,17H2,1-2H3,(H,26,28). The maximum Gasteiger partial charge on any atom is 0.264 e. The van der Waals surface area contributed by atoms with Crippen molar-refractivity contribution in [3.63, 3.8) is 0 Å². The Balaban J connectivity index is 1.63. The van der Waals surface area contributed by atoms with Crippen LogP contribution < -0.4 is 19.1 Å². The number of hydrogen-bond acceptors (Lipinski definition) is 5. The van der Waals surface area contributed by atoms with Gasteiger partial charge in [-0.1, -0.05) is 36.4 Å². The minimum atomic E-state index is -3.96. The minimum Gasteiger partial charge on any atom is -0.492 e. The van der Waals surface area contributed by atoms with Gasteiger partial charge in [0.2, 0.25) is 5.91 Å². The van der Waals surface area contributed by atoms with Crippen LogP contribution in [-0.4, -0.2) is 33.6 Å². The average molecular weight is 467 g/mol. The molecule has 4 rings (SSSR count). The normalized spacial score (nSPS) is 14.8. The van der Waals surface area contributed by atoms with E-state index in [-0.39, 0.29) is 11.0 Å². The van der Waals surface area contributed by atoms with Gasteiger partial charge in [-0.25, -0.2) is 8.42 Å². The van der Waals surface area contributed by atoms with Crippen LogP contribution in [0.15, 0.2) is 77.7 Å². The molecule has 0 bridgehead atoms. The Labute approximate surface area is 194 Å². The zero-order valence-corrected chi connectivity index (χ0v) is 19.3. The number of carbonyl (C=O) groups is 1. The van der Waals surface area contributed by atoms with E-state index in [1.807, 2.05) is 19.9 Å². The first-order valence-corrected chi connectivity index (χ1v) is 12.2. The van der Waals surface area contributed by atoms with E-state index in [2.05, 4.69) is 5.32 Å². The van der Waals surface area contributed by atoms with Crippen molar-refractivity contribution >= 4 is 27.3 Å². The number of hydrogen-bond donors (Lipinski definition) is 1. The molecule has 1 amide bonds. The van der Waals surface area contributed by atoms with Gasteiger partial charge in [0.05, 0.1) is 22.9 Å². The van der Waals surface area contributed by atoms with Crippen molar-refractivity contribution in [2.45, 2.75) is 31.3 Å². The Kier molecular flexibility index (Phi) is 6.55. The van der Waals surface area contributed by atoms with Crippen LogP contribution in [0, 0.1) is 0 Å². The van der Waals surface area contributed by atoms with Gasteiger partial charge in [-0.2, -0.15) is 0 Å². The number of fused-ring (bicyclic) bond motifs is 1. The van der Waals surface area contributed by atoms with Gasteiger partial charge in [-0.05, 0) is 44.2 Å². The Morgan fingerprint density at radius 3 is 2.42 bits per heavy atom. The molecule has 3 aromatic carbocycles. The van der Waals surface area contributed by atoms with Crippen molar-refractivity contribution in [3.8, 4) is 11.5 Å². The van der Waals surface area contributed by atoms with Crippen LogP contribution in [0.1, 0.15) is 19.4 Å². The third-order valence-corrected chi connectivity index (χ3v) is 7.02. The van der Waals surface area contributed by atoms with Crippen molar-refractivity contribution < 1.29 is 22.7 Å². The SMILES string of the molecule is CCOc1cc2c(cc1NC(=O)CN(c1ccccc1)S(=O)(=O)c1ccccc1)OC(C)C2. The highest BCUT2D eigenvalue weighted by Gasteiger charge is 2.28. The fourth-order valence-electron chi connectivity index (χ4n) is 3.76. The summed E-state index contributed by atoms with van der Waals surface area (Å²) in [5.74, 6) is 0.725. The maximum absolute atomic E-state index is 13.4. The lowest BCUT2D eigenvalue weighted by molar-refractivity contribution is -0.114. The lowest BCUT2D eigenvalue weighted by Gasteiger charge is -2.24. The Bertz CT molecular complexity index is 1230. The molecule has 1 aliphatic heterocycles. The van der Waals surface area contributed by atoms with E-state index >= 15 is 0 Å². The molecule has 0 fully saturated rings. The predicted molar refractivity (Wildman–Crippen MR) is 127 cm³/mol. The van der Waals surface area contributed by atoms with Crippen LogP contribution in [0.25, 0.3) is 0 Å². The van der Waals surface area contributed by atoms with Gasteiger partial charge in [0, 0.05) is 18.1 Å². The molecule has 8 heteroatoms. The smallest absolute Gasteiger partial charge is 0.264 e. The first-order chi connectivity index (χ1) is 15.9. The summed E-state index contributed by atoms with van der Waals surface area (Å²) in [7, 11) is -3.96. The number of sulfonamides is 1. The number of anilines is 2. The fraction of sp³-hybridized carbons (Fsp3) is 0.240. The van der Waals surface area contributed by atoms with Gasteiger partial charge < -0.3 is 14.8 Å². The summed E-state index contributed by atoms with van der Waals surface area (Å²) >= 11 is 0. The van der Waals surface area contributed by atoms with Crippen molar-refractivity contribution in [1.29, 1.82) is 0 Å². The van der Waals surface area contributed by atoms with Crippen LogP contribution >= 0.6 is 0 Å². The summed E-state index contributed by atoms with van der Waals surface area (Å²) in [6.45, 7) is 3.87. The molecule has 1 atom stereocenters. The molecule has 172 valence electrons. The van der Waals surface area contributed by atoms with E-state index in [9.17, 15) is 13.2 Å². The number of ether oxygens (including phenoxy) is 2. The summed E-state index contributed by atoms with van der Waals surface area (Å²) in [6.07, 6.45) is 0.811. The van der Waals surface area contributed by atoms with Crippen molar-refractivity contribution in [2.75, 3.05) is 22.8 Å². The lowest BCUT2D eigenvalue weighted by atomic mass is 10.1. The number of nitrogens with zero attached hydrogens (tertiary/aromatic N) is 1. The maximum atomic E-state index is 13.4. The molecule has 0 aliphatic carbocycles. The number of carbonyl (C=O) groups excluding carboxylic acids is 1. The Morgan fingerprint density at radius 1 is 1.09 bits per heavy atom. The molecule has 7 nitrogen and oxygen atoms in total. The molecule has 0 aromatic heterocycles. The van der Waals surface area contributed by atoms with E-state index in [0.717, 1.165) is 16.3 Å². The molecule has 33 heavy (non-hydrogen) atoms. The second kappa shape index (κ2) is 9.54. The number of rotatable bonds is 8. The van der Waals surface area contributed by atoms with Crippen LogP contribution in [0.2, 0.25) is 0 Å². The van der Waals surface area contributed by atoms with Crippen LogP contribution in [-0.2, 0) is 21.2 Å². The number of amides is 1. The molecule has 0 spiro atoms. The van der Waals surface area contributed by atoms with E-state index in [1.54, 1.807) is 54.6 Å². The molecular formula is C25H26N2O5S. The first kappa shape index (κ1) is 22.7. The molecule has 1 aliphatic rings. The molecule has 1 heterocycles. The van der Waals surface area contributed by atoms with Gasteiger partial charge in [0.25, 0.3) is 10.0 Å². The van der Waals surface area contributed by atoms with E-state index in [4.69, 9.17) is 9.47 Å². The minimum absolute atomic E-state index is 0.0463. The third-order valence-electron chi connectivity index (χ3n) is 5.23. The second-order valence-electron chi connectivity index (χ2n) is 7.73. The molecule has 1 unspecified atom stereocenters. The highest BCUT2D eigenvalue weighted by molar-refractivity contribution is 7.92. The van der Waals surface area contributed by atoms with Crippen molar-refractivity contribution in [1.82, 2.24) is 0 Å². The molecule has 0 saturated carbocycles. The zero-order valence-electron chi connectivity index (χ0n) is 18.5. The van der Waals surface area contributed by atoms with Crippen LogP contribution in [0.5, 0.6) is 11.5 Å². The van der Waals surface area contributed by atoms with E-state index in [1.165, 1.54) is 12.1 Å². The summed E-state index contributed by atoms with van der Waals surface area (Å²) < 4.78 is 39.4. The molecule has 1 N–H and O–H groups in total. The quantitative estimate of drug-likeness (QED) is 0.537. The summed E-state index contributed by atoms with van der Waals surface area (Å²) in [5.41, 5.74) is 1.86. The monoisotopic (exact) mass is 466 g/mol. The zero-order chi connectivity index (χ0) is 23.4. The first-order valence-electron chi connectivity index (χ1n) is 10.8. The molecular weight excluding hydrogens is 440 g/mol. The lowest BCUT2D eigenvalue weighted by Crippen LogP contribution is -2.38. The fourth-order valence-corrected chi connectivity index (χ4v) is 5.20. The van der Waals surface area contributed by atoms with E-state index < -0.39 is 22.5 Å². The van der Waals surface area contributed by atoms with Gasteiger partial charge in [0.15, 0.2) is 0 Å². The molecule has 3 aromatic rings. The second-order valence-corrected chi connectivity index (χ2v) is 9.59. The Hall–Kier alpha value is -3.52. The van der Waals surface area contributed by atoms with Gasteiger partial charge in [0.1, 0.15) is 24.1 Å². The largest absolute Gasteiger partial charge is 0.492 e. The van der Waals surface area contributed by atoms with Gasteiger partial charge in [-0.15, -0.1) is 0 Å². The Morgan fingerprint density at radius 2 is 1.76 bits per heavy atom. The number of benzene rings is 3. The summed E-state index contributed by atoms with van der Waals surface area (Å²) in [6, 6.07) is 20.2. The predicted octanol–water partition coefficient (Wildman–Crippen LogP) is 4.24. The van der Waals surface area contributed by atoms with E-state index in [0.29, 0.717) is 29.5 Å². The topological polar surface area (TPSA) is 84.9 Å². The highest BCUT2D eigenvalue weighted by atomic mass is 32.2. The molecule has 0 radical (unpaired) electrons. The van der Waals surface area contributed by atoms with Crippen LogP contribution in [0.3, 0.4) is 0 Å². The van der Waals surface area contributed by atoms with Crippen molar-refractivity contribution in [3.05, 3.63) is 78.4 Å².